The molecule has 2 aromatic rings. The number of carbonyl (C=O) groups is 1. The predicted molar refractivity (Wildman–Crippen MR) is 85.7 cm³/mol. The number of methoxy groups -OCH3 is 1. The van der Waals surface area contributed by atoms with Crippen LogP contribution in [0.15, 0.2) is 54.6 Å². The highest BCUT2D eigenvalue weighted by molar-refractivity contribution is 9.09. The van der Waals surface area contributed by atoms with Gasteiger partial charge >= 0.3 is 5.97 Å². The van der Waals surface area contributed by atoms with Crippen molar-refractivity contribution in [2.75, 3.05) is 12.4 Å². The van der Waals surface area contributed by atoms with Gasteiger partial charge < -0.3 is 9.47 Å². The summed E-state index contributed by atoms with van der Waals surface area (Å²) in [6.07, 6.45) is 1.89. The zero-order valence-corrected chi connectivity index (χ0v) is 13.2. The second-order valence-corrected chi connectivity index (χ2v) is 5.00. The number of halogens is 1. The maximum Gasteiger partial charge on any atom is 0.337 e. The van der Waals surface area contributed by atoms with Crippen molar-refractivity contribution in [1.29, 1.82) is 0 Å². The molecule has 0 fully saturated rings. The van der Waals surface area contributed by atoms with Gasteiger partial charge in [0.2, 0.25) is 0 Å². The van der Waals surface area contributed by atoms with Crippen LogP contribution in [-0.2, 0) is 4.74 Å². The molecule has 3 nitrogen and oxygen atoms in total. The lowest BCUT2D eigenvalue weighted by atomic mass is 10.1. The van der Waals surface area contributed by atoms with Gasteiger partial charge in [-0.2, -0.15) is 0 Å². The van der Waals surface area contributed by atoms with Crippen molar-refractivity contribution in [3.8, 4) is 5.75 Å². The standard InChI is InChI=1S/C17H16BrO3/c1-20-17(19)14-7-9-15(10-8-14)21-16(11-12-18)13-5-3-2-4-6-13/h2-11,16H,12H2,1H3. The average molecular weight is 348 g/mol. The van der Waals surface area contributed by atoms with Crippen LogP contribution in [0.25, 0.3) is 0 Å². The Kier molecular flexibility index (Phi) is 5.81. The number of rotatable bonds is 6. The third-order valence-corrected chi connectivity index (χ3v) is 3.34. The third kappa shape index (κ3) is 4.33. The first kappa shape index (κ1) is 15.6. The molecule has 1 unspecified atom stereocenters. The normalized spacial score (nSPS) is 11.7. The molecule has 2 aromatic carbocycles. The van der Waals surface area contributed by atoms with Gasteiger partial charge in [-0.3, -0.25) is 0 Å². The van der Waals surface area contributed by atoms with Crippen LogP contribution in [0, 0.1) is 6.42 Å². The van der Waals surface area contributed by atoms with E-state index in [2.05, 4.69) is 20.7 Å². The smallest absolute Gasteiger partial charge is 0.337 e. The molecule has 0 aliphatic carbocycles. The summed E-state index contributed by atoms with van der Waals surface area (Å²) >= 11 is 3.40. The van der Waals surface area contributed by atoms with Gasteiger partial charge in [-0.1, -0.05) is 46.3 Å². The fraction of sp³-hybridized carbons (Fsp3) is 0.176. The molecular formula is C17H16BrO3. The molecule has 2 rings (SSSR count). The first-order valence-corrected chi connectivity index (χ1v) is 7.66. The minimum atomic E-state index is -0.354. The molecule has 1 atom stereocenters. The molecule has 0 saturated carbocycles. The zero-order chi connectivity index (χ0) is 15.1. The first-order chi connectivity index (χ1) is 10.2. The van der Waals surface area contributed by atoms with Crippen LogP contribution >= 0.6 is 15.9 Å². The Morgan fingerprint density at radius 2 is 1.81 bits per heavy atom. The molecule has 0 spiro atoms. The number of esters is 1. The third-order valence-electron chi connectivity index (χ3n) is 2.97. The molecule has 0 aliphatic rings. The van der Waals surface area contributed by atoms with Crippen LogP contribution in [-0.4, -0.2) is 18.4 Å². The number of carbonyl (C=O) groups excluding carboxylic acids is 1. The van der Waals surface area contributed by atoms with Crippen LogP contribution in [0.2, 0.25) is 0 Å². The molecule has 0 N–H and O–H groups in total. The Morgan fingerprint density at radius 1 is 1.14 bits per heavy atom. The number of hydrogen-bond donors (Lipinski definition) is 0. The van der Waals surface area contributed by atoms with Crippen LogP contribution in [0.3, 0.4) is 0 Å². The lowest BCUT2D eigenvalue weighted by molar-refractivity contribution is 0.0600. The minimum absolute atomic E-state index is 0.144. The molecule has 109 valence electrons. The van der Waals surface area contributed by atoms with E-state index in [0.717, 1.165) is 10.9 Å². The Hall–Kier alpha value is -1.81. The summed E-state index contributed by atoms with van der Waals surface area (Å²) in [4.78, 5) is 11.4. The first-order valence-electron chi connectivity index (χ1n) is 6.54. The average Bonchev–Trinajstić information content (AvgIpc) is 2.55. The molecular weight excluding hydrogens is 332 g/mol. The van der Waals surface area contributed by atoms with Gasteiger partial charge in [0.05, 0.1) is 12.7 Å². The molecule has 4 heteroatoms. The van der Waals surface area contributed by atoms with Crippen molar-refractivity contribution < 1.29 is 14.3 Å². The van der Waals surface area contributed by atoms with Crippen molar-refractivity contribution >= 4 is 21.9 Å². The fourth-order valence-electron chi connectivity index (χ4n) is 1.91. The van der Waals surface area contributed by atoms with Crippen molar-refractivity contribution in [2.24, 2.45) is 0 Å². The molecule has 1 radical (unpaired) electrons. The van der Waals surface area contributed by atoms with E-state index in [-0.39, 0.29) is 12.1 Å². The van der Waals surface area contributed by atoms with Gasteiger partial charge in [0.25, 0.3) is 0 Å². The fourth-order valence-corrected chi connectivity index (χ4v) is 2.25. The second kappa shape index (κ2) is 7.84. The summed E-state index contributed by atoms with van der Waals surface area (Å²) in [7, 11) is 1.36. The van der Waals surface area contributed by atoms with Crippen molar-refractivity contribution in [3.05, 3.63) is 72.1 Å². The number of benzene rings is 2. The highest BCUT2D eigenvalue weighted by atomic mass is 79.9. The zero-order valence-electron chi connectivity index (χ0n) is 11.7. The van der Waals surface area contributed by atoms with Gasteiger partial charge in [0, 0.05) is 11.8 Å². The summed E-state index contributed by atoms with van der Waals surface area (Å²) < 4.78 is 10.6. The van der Waals surface area contributed by atoms with E-state index in [1.807, 2.05) is 36.8 Å². The van der Waals surface area contributed by atoms with E-state index < -0.39 is 0 Å². The van der Waals surface area contributed by atoms with E-state index in [1.54, 1.807) is 24.3 Å². The van der Waals surface area contributed by atoms with Gasteiger partial charge in [-0.05, 0) is 29.8 Å². The number of alkyl halides is 1. The highest BCUT2D eigenvalue weighted by Gasteiger charge is 2.13. The topological polar surface area (TPSA) is 35.5 Å². The molecule has 0 saturated heterocycles. The number of ether oxygens (including phenoxy) is 2. The minimum Gasteiger partial charge on any atom is -0.485 e. The van der Waals surface area contributed by atoms with Crippen LogP contribution in [0.1, 0.15) is 22.0 Å². The molecule has 21 heavy (non-hydrogen) atoms. The van der Waals surface area contributed by atoms with Crippen molar-refractivity contribution in [2.45, 2.75) is 6.10 Å². The van der Waals surface area contributed by atoms with Gasteiger partial charge in [-0.15, -0.1) is 0 Å². The second-order valence-electron chi connectivity index (χ2n) is 4.36. The number of hydrogen-bond acceptors (Lipinski definition) is 3. The van der Waals surface area contributed by atoms with Gasteiger partial charge in [0.15, 0.2) is 0 Å². The SMILES string of the molecule is COC(=O)c1ccc(OC([CH]CBr)c2ccccc2)cc1. The Bertz CT molecular complexity index is 566. The molecule has 0 aliphatic heterocycles. The predicted octanol–water partition coefficient (Wildman–Crippen LogP) is 4.19. The van der Waals surface area contributed by atoms with Crippen LogP contribution < -0.4 is 4.74 Å². The van der Waals surface area contributed by atoms with Crippen molar-refractivity contribution in [3.63, 3.8) is 0 Å². The summed E-state index contributed by atoms with van der Waals surface area (Å²) in [6.45, 7) is 0. The van der Waals surface area contributed by atoms with E-state index in [0.29, 0.717) is 11.3 Å². The van der Waals surface area contributed by atoms with Crippen LogP contribution in [0.4, 0.5) is 0 Å². The quantitative estimate of drug-likeness (QED) is 0.580. The summed E-state index contributed by atoms with van der Waals surface area (Å²) in [5, 5.41) is 0.729. The molecule has 0 heterocycles. The highest BCUT2D eigenvalue weighted by Crippen LogP contribution is 2.25. The summed E-state index contributed by atoms with van der Waals surface area (Å²) in [5.41, 5.74) is 1.58. The summed E-state index contributed by atoms with van der Waals surface area (Å²) in [6, 6.07) is 16.9. The Labute approximate surface area is 133 Å². The Morgan fingerprint density at radius 3 is 2.38 bits per heavy atom. The van der Waals surface area contributed by atoms with E-state index in [9.17, 15) is 4.79 Å². The summed E-state index contributed by atoms with van der Waals surface area (Å²) in [5.74, 6) is 0.349. The molecule has 0 amide bonds. The van der Waals surface area contributed by atoms with Crippen LogP contribution in [0.5, 0.6) is 5.75 Å². The van der Waals surface area contributed by atoms with Crippen molar-refractivity contribution in [1.82, 2.24) is 0 Å². The lowest BCUT2D eigenvalue weighted by Crippen LogP contribution is -2.09. The molecule has 0 aromatic heterocycles. The maximum atomic E-state index is 11.4. The maximum absolute atomic E-state index is 11.4. The van der Waals surface area contributed by atoms with E-state index >= 15 is 0 Å². The monoisotopic (exact) mass is 347 g/mol. The van der Waals surface area contributed by atoms with Gasteiger partial charge in [-0.25, -0.2) is 4.79 Å². The van der Waals surface area contributed by atoms with Gasteiger partial charge in [0.1, 0.15) is 11.9 Å². The van der Waals surface area contributed by atoms with E-state index in [4.69, 9.17) is 4.74 Å². The lowest BCUT2D eigenvalue weighted by Gasteiger charge is -2.18. The van der Waals surface area contributed by atoms with E-state index in [1.165, 1.54) is 7.11 Å². The molecule has 0 bridgehead atoms. The Balaban J connectivity index is 2.12. The largest absolute Gasteiger partial charge is 0.485 e.